The first-order chi connectivity index (χ1) is 8.01. The Kier molecular flexibility index (Phi) is 5.91. The van der Waals surface area contributed by atoms with Gasteiger partial charge in [0.1, 0.15) is 12.9 Å². The van der Waals surface area contributed by atoms with Gasteiger partial charge in [0.05, 0.1) is 0 Å². The molecule has 1 rings (SSSR count). The summed E-state index contributed by atoms with van der Waals surface area (Å²) in [7, 11) is 0. The van der Waals surface area contributed by atoms with Gasteiger partial charge >= 0.3 is 6.18 Å². The minimum absolute atomic E-state index is 0.132. The molecule has 1 aliphatic rings. The lowest BCUT2D eigenvalue weighted by Crippen LogP contribution is -2.35. The van der Waals surface area contributed by atoms with E-state index in [9.17, 15) is 18.0 Å². The molecule has 0 aromatic heterocycles. The Morgan fingerprint density at radius 2 is 1.94 bits per heavy atom. The Morgan fingerprint density at radius 1 is 1.29 bits per heavy atom. The molecule has 1 saturated heterocycles. The highest BCUT2D eigenvalue weighted by Crippen LogP contribution is 2.16. The topological polar surface area (TPSA) is 29.5 Å². The fraction of sp³-hybridized carbons (Fsp3) is 0.909. The second kappa shape index (κ2) is 6.96. The van der Waals surface area contributed by atoms with Crippen molar-refractivity contribution in [2.45, 2.75) is 25.4 Å². The van der Waals surface area contributed by atoms with Gasteiger partial charge in [-0.2, -0.15) is 13.2 Å². The Balaban J connectivity index is 1.99. The van der Waals surface area contributed by atoms with Crippen LogP contribution in [-0.4, -0.2) is 50.2 Å². The third kappa shape index (κ3) is 6.63. The van der Waals surface area contributed by atoms with Crippen LogP contribution < -0.4 is 0 Å². The van der Waals surface area contributed by atoms with Crippen molar-refractivity contribution in [2.24, 2.45) is 5.92 Å². The van der Waals surface area contributed by atoms with Crippen molar-refractivity contribution >= 4 is 6.29 Å². The molecule has 0 spiro atoms. The zero-order valence-electron chi connectivity index (χ0n) is 9.71. The van der Waals surface area contributed by atoms with E-state index in [-0.39, 0.29) is 12.5 Å². The molecule has 3 nitrogen and oxygen atoms in total. The zero-order valence-corrected chi connectivity index (χ0v) is 9.71. The quantitative estimate of drug-likeness (QED) is 0.534. The lowest BCUT2D eigenvalue weighted by molar-refractivity contribution is -0.174. The van der Waals surface area contributed by atoms with Gasteiger partial charge in [-0.25, -0.2) is 0 Å². The van der Waals surface area contributed by atoms with Crippen LogP contribution >= 0.6 is 0 Å². The first kappa shape index (κ1) is 14.4. The lowest BCUT2D eigenvalue weighted by Gasteiger charge is -2.29. The van der Waals surface area contributed by atoms with E-state index in [0.29, 0.717) is 6.42 Å². The molecule has 0 unspecified atom stereocenters. The number of carbonyl (C=O) groups excluding carboxylic acids is 1. The van der Waals surface area contributed by atoms with Crippen molar-refractivity contribution in [1.82, 2.24) is 4.90 Å². The van der Waals surface area contributed by atoms with E-state index in [2.05, 4.69) is 9.64 Å². The SMILES string of the molecule is O=CC1CCN(CCCOCC(F)(F)F)CC1. The Hall–Kier alpha value is -0.620. The van der Waals surface area contributed by atoms with Gasteiger partial charge in [-0.1, -0.05) is 0 Å². The van der Waals surface area contributed by atoms with E-state index in [0.717, 1.165) is 38.8 Å². The van der Waals surface area contributed by atoms with Gasteiger partial charge in [-0.3, -0.25) is 0 Å². The monoisotopic (exact) mass is 253 g/mol. The van der Waals surface area contributed by atoms with Crippen LogP contribution in [0.5, 0.6) is 0 Å². The maximum absolute atomic E-state index is 11.8. The predicted molar refractivity (Wildman–Crippen MR) is 56.7 cm³/mol. The van der Waals surface area contributed by atoms with Gasteiger partial charge in [0.25, 0.3) is 0 Å². The molecule has 1 heterocycles. The number of halogens is 3. The number of aldehydes is 1. The van der Waals surface area contributed by atoms with E-state index in [4.69, 9.17) is 0 Å². The van der Waals surface area contributed by atoms with E-state index < -0.39 is 12.8 Å². The van der Waals surface area contributed by atoms with Gasteiger partial charge in [-0.15, -0.1) is 0 Å². The number of carbonyl (C=O) groups is 1. The standard InChI is InChI=1S/C11H18F3NO2/c12-11(13,14)9-17-7-1-4-15-5-2-10(8-16)3-6-15/h8,10H,1-7,9H2. The van der Waals surface area contributed by atoms with Crippen molar-refractivity contribution in [3.63, 3.8) is 0 Å². The number of likely N-dealkylation sites (tertiary alicyclic amines) is 1. The predicted octanol–water partition coefficient (Wildman–Crippen LogP) is 1.87. The van der Waals surface area contributed by atoms with Crippen LogP contribution in [0.15, 0.2) is 0 Å². The fourth-order valence-corrected chi connectivity index (χ4v) is 1.89. The van der Waals surface area contributed by atoms with Crippen LogP contribution in [0.25, 0.3) is 0 Å². The van der Waals surface area contributed by atoms with Gasteiger partial charge < -0.3 is 14.4 Å². The number of rotatable bonds is 6. The Labute approximate surface area is 98.9 Å². The van der Waals surface area contributed by atoms with E-state index >= 15 is 0 Å². The summed E-state index contributed by atoms with van der Waals surface area (Å²) in [5.74, 6) is 0.160. The first-order valence-electron chi connectivity index (χ1n) is 5.83. The molecule has 1 aliphatic heterocycles. The summed E-state index contributed by atoms with van der Waals surface area (Å²) in [5.41, 5.74) is 0. The number of hydrogen-bond acceptors (Lipinski definition) is 3. The van der Waals surface area contributed by atoms with Gasteiger partial charge in [0.15, 0.2) is 0 Å². The third-order valence-corrected chi connectivity index (χ3v) is 2.85. The molecule has 0 saturated carbocycles. The van der Waals surface area contributed by atoms with E-state index in [1.807, 2.05) is 0 Å². The highest BCUT2D eigenvalue weighted by atomic mass is 19.4. The minimum Gasteiger partial charge on any atom is -0.372 e. The molecule has 0 radical (unpaired) electrons. The number of nitrogens with zero attached hydrogens (tertiary/aromatic N) is 1. The van der Waals surface area contributed by atoms with Crippen molar-refractivity contribution in [1.29, 1.82) is 0 Å². The second-order valence-electron chi connectivity index (χ2n) is 4.34. The van der Waals surface area contributed by atoms with Crippen LogP contribution in [0, 0.1) is 5.92 Å². The lowest BCUT2D eigenvalue weighted by atomic mass is 9.98. The molecule has 0 aromatic rings. The molecule has 0 amide bonds. The second-order valence-corrected chi connectivity index (χ2v) is 4.34. The van der Waals surface area contributed by atoms with Crippen molar-refractivity contribution in [2.75, 3.05) is 32.8 Å². The van der Waals surface area contributed by atoms with Crippen LogP contribution in [0.1, 0.15) is 19.3 Å². The molecular weight excluding hydrogens is 235 g/mol. The summed E-state index contributed by atoms with van der Waals surface area (Å²) in [6.07, 6.45) is -0.937. The molecule has 0 N–H and O–H groups in total. The number of hydrogen-bond donors (Lipinski definition) is 0. The zero-order chi connectivity index (χ0) is 12.7. The van der Waals surface area contributed by atoms with Gasteiger partial charge in [0.2, 0.25) is 0 Å². The smallest absolute Gasteiger partial charge is 0.372 e. The molecule has 0 aromatic carbocycles. The summed E-state index contributed by atoms with van der Waals surface area (Å²) in [6, 6.07) is 0. The number of piperidine rings is 1. The highest BCUT2D eigenvalue weighted by molar-refractivity contribution is 5.53. The maximum atomic E-state index is 11.8. The summed E-state index contributed by atoms with van der Waals surface area (Å²) in [5, 5.41) is 0. The van der Waals surface area contributed by atoms with Gasteiger partial charge in [0, 0.05) is 19.1 Å². The highest BCUT2D eigenvalue weighted by Gasteiger charge is 2.27. The molecule has 1 fully saturated rings. The Bertz CT molecular complexity index is 225. The van der Waals surface area contributed by atoms with Crippen molar-refractivity contribution < 1.29 is 22.7 Å². The molecule has 17 heavy (non-hydrogen) atoms. The third-order valence-electron chi connectivity index (χ3n) is 2.85. The summed E-state index contributed by atoms with van der Waals surface area (Å²) >= 11 is 0. The number of alkyl halides is 3. The van der Waals surface area contributed by atoms with Crippen LogP contribution in [0.4, 0.5) is 13.2 Å². The average Bonchev–Trinajstić information content (AvgIpc) is 2.28. The molecule has 100 valence electrons. The molecule has 6 heteroatoms. The molecule has 0 aliphatic carbocycles. The normalized spacial score (nSPS) is 19.5. The Morgan fingerprint density at radius 3 is 2.47 bits per heavy atom. The van der Waals surface area contributed by atoms with Crippen LogP contribution in [0.3, 0.4) is 0 Å². The average molecular weight is 253 g/mol. The van der Waals surface area contributed by atoms with Crippen molar-refractivity contribution in [3.05, 3.63) is 0 Å². The largest absolute Gasteiger partial charge is 0.411 e. The van der Waals surface area contributed by atoms with Crippen molar-refractivity contribution in [3.8, 4) is 0 Å². The summed E-state index contributed by atoms with van der Waals surface area (Å²) in [4.78, 5) is 12.7. The first-order valence-corrected chi connectivity index (χ1v) is 5.83. The molecular formula is C11H18F3NO2. The van der Waals surface area contributed by atoms with Crippen LogP contribution in [0.2, 0.25) is 0 Å². The number of ether oxygens (including phenoxy) is 1. The van der Waals surface area contributed by atoms with E-state index in [1.54, 1.807) is 0 Å². The van der Waals surface area contributed by atoms with Gasteiger partial charge in [-0.05, 0) is 32.4 Å². The van der Waals surface area contributed by atoms with E-state index in [1.165, 1.54) is 0 Å². The molecule has 0 bridgehead atoms. The summed E-state index contributed by atoms with van der Waals surface area (Å²) < 4.78 is 39.8. The van der Waals surface area contributed by atoms with Crippen LogP contribution in [-0.2, 0) is 9.53 Å². The summed E-state index contributed by atoms with van der Waals surface area (Å²) in [6.45, 7) is 1.40. The maximum Gasteiger partial charge on any atom is 0.411 e. The minimum atomic E-state index is -4.23. The molecule has 0 atom stereocenters. The fourth-order valence-electron chi connectivity index (χ4n) is 1.89.